The van der Waals surface area contributed by atoms with E-state index in [1.165, 1.54) is 17.1 Å². The first-order valence-electron chi connectivity index (χ1n) is 4.60. The Bertz CT molecular complexity index is 367. The second kappa shape index (κ2) is 4.45. The van der Waals surface area contributed by atoms with Gasteiger partial charge in [0.2, 0.25) is 6.08 Å². The predicted octanol–water partition coefficient (Wildman–Crippen LogP) is 2.35. The molecule has 0 saturated carbocycles. The van der Waals surface area contributed by atoms with Crippen molar-refractivity contribution in [2.24, 2.45) is 4.99 Å². The van der Waals surface area contributed by atoms with Crippen LogP contribution in [0.5, 0.6) is 0 Å². The fraction of sp³-hybridized carbons (Fsp3) is 0.364. The van der Waals surface area contributed by atoms with Crippen molar-refractivity contribution in [1.29, 1.82) is 0 Å². The molecular weight excluding hydrogens is 194 g/mol. The molecule has 0 atom stereocenters. The minimum atomic E-state index is 0.456. The molecule has 0 aromatic heterocycles. The summed E-state index contributed by atoms with van der Waals surface area (Å²) in [6, 6.07) is 8.33. The monoisotopic (exact) mass is 205 g/mol. The second-order valence-corrected chi connectivity index (χ2v) is 4.46. The summed E-state index contributed by atoms with van der Waals surface area (Å²) in [5.41, 5.74) is 2.48. The SMILES string of the molecule is O=C=NCc1cccc(C2CSC2)c1. The van der Waals surface area contributed by atoms with E-state index >= 15 is 0 Å². The van der Waals surface area contributed by atoms with E-state index in [0.717, 1.165) is 5.56 Å². The Morgan fingerprint density at radius 1 is 1.50 bits per heavy atom. The molecular formula is C11H11NOS. The molecule has 0 unspecified atom stereocenters. The molecule has 1 heterocycles. The first kappa shape index (κ1) is 9.50. The fourth-order valence-electron chi connectivity index (χ4n) is 1.50. The molecule has 1 fully saturated rings. The number of rotatable bonds is 3. The van der Waals surface area contributed by atoms with E-state index < -0.39 is 0 Å². The number of hydrogen-bond acceptors (Lipinski definition) is 3. The zero-order chi connectivity index (χ0) is 9.80. The van der Waals surface area contributed by atoms with Crippen molar-refractivity contribution in [3.05, 3.63) is 35.4 Å². The molecule has 1 saturated heterocycles. The van der Waals surface area contributed by atoms with Crippen LogP contribution in [0.3, 0.4) is 0 Å². The molecule has 0 amide bonds. The molecule has 14 heavy (non-hydrogen) atoms. The van der Waals surface area contributed by atoms with Gasteiger partial charge in [-0.1, -0.05) is 24.3 Å². The highest BCUT2D eigenvalue weighted by atomic mass is 32.2. The standard InChI is InChI=1S/C11H11NOS/c13-8-12-5-9-2-1-3-10(4-9)11-6-14-7-11/h1-4,11H,5-7H2. The number of aliphatic imine (C=N–C) groups is 1. The summed E-state index contributed by atoms with van der Waals surface area (Å²) in [5, 5.41) is 0. The highest BCUT2D eigenvalue weighted by Crippen LogP contribution is 2.34. The van der Waals surface area contributed by atoms with Gasteiger partial charge >= 0.3 is 0 Å². The molecule has 0 N–H and O–H groups in total. The quantitative estimate of drug-likeness (QED) is 0.560. The Kier molecular flexibility index (Phi) is 3.02. The van der Waals surface area contributed by atoms with E-state index in [4.69, 9.17) is 0 Å². The van der Waals surface area contributed by atoms with Gasteiger partial charge in [-0.3, -0.25) is 0 Å². The summed E-state index contributed by atoms with van der Waals surface area (Å²) in [7, 11) is 0. The molecule has 2 nitrogen and oxygen atoms in total. The van der Waals surface area contributed by atoms with E-state index in [1.54, 1.807) is 6.08 Å². The molecule has 2 rings (SSSR count). The summed E-state index contributed by atoms with van der Waals surface area (Å²) < 4.78 is 0. The van der Waals surface area contributed by atoms with Crippen LogP contribution >= 0.6 is 11.8 Å². The van der Waals surface area contributed by atoms with Gasteiger partial charge in [-0.15, -0.1) is 0 Å². The van der Waals surface area contributed by atoms with Gasteiger partial charge < -0.3 is 0 Å². The highest BCUT2D eigenvalue weighted by molar-refractivity contribution is 8.00. The Morgan fingerprint density at radius 2 is 2.36 bits per heavy atom. The zero-order valence-corrected chi connectivity index (χ0v) is 8.59. The Hall–Kier alpha value is -1.05. The van der Waals surface area contributed by atoms with Crippen LogP contribution in [0.25, 0.3) is 0 Å². The van der Waals surface area contributed by atoms with Crippen LogP contribution in [0.1, 0.15) is 17.0 Å². The maximum Gasteiger partial charge on any atom is 0.235 e. The van der Waals surface area contributed by atoms with Crippen molar-refractivity contribution in [2.45, 2.75) is 12.5 Å². The van der Waals surface area contributed by atoms with Gasteiger partial charge in [-0.25, -0.2) is 9.79 Å². The topological polar surface area (TPSA) is 29.4 Å². The molecule has 72 valence electrons. The second-order valence-electron chi connectivity index (χ2n) is 3.39. The highest BCUT2D eigenvalue weighted by Gasteiger charge is 2.19. The third kappa shape index (κ3) is 2.06. The number of nitrogens with zero attached hydrogens (tertiary/aromatic N) is 1. The number of isocyanates is 1. The Morgan fingerprint density at radius 3 is 3.00 bits per heavy atom. The molecule has 1 aliphatic rings. The Balaban J connectivity index is 2.13. The summed E-state index contributed by atoms with van der Waals surface area (Å²) in [5.74, 6) is 3.15. The zero-order valence-electron chi connectivity index (χ0n) is 7.77. The minimum Gasteiger partial charge on any atom is -0.211 e. The van der Waals surface area contributed by atoms with Crippen LogP contribution in [0.4, 0.5) is 0 Å². The predicted molar refractivity (Wildman–Crippen MR) is 58.3 cm³/mol. The van der Waals surface area contributed by atoms with Gasteiger partial charge in [0.15, 0.2) is 0 Å². The van der Waals surface area contributed by atoms with Crippen molar-refractivity contribution in [3.63, 3.8) is 0 Å². The minimum absolute atomic E-state index is 0.456. The average Bonchev–Trinajstić information content (AvgIpc) is 2.13. The van der Waals surface area contributed by atoms with Crippen LogP contribution in [0.2, 0.25) is 0 Å². The summed E-state index contributed by atoms with van der Waals surface area (Å²) in [6.45, 7) is 0.456. The lowest BCUT2D eigenvalue weighted by atomic mass is 10.00. The largest absolute Gasteiger partial charge is 0.235 e. The molecule has 3 heteroatoms. The van der Waals surface area contributed by atoms with Gasteiger partial charge in [0.25, 0.3) is 0 Å². The molecule has 1 aliphatic heterocycles. The molecule has 1 aromatic carbocycles. The van der Waals surface area contributed by atoms with E-state index in [-0.39, 0.29) is 0 Å². The van der Waals surface area contributed by atoms with E-state index in [0.29, 0.717) is 12.5 Å². The van der Waals surface area contributed by atoms with Crippen LogP contribution < -0.4 is 0 Å². The number of thioether (sulfide) groups is 1. The lowest BCUT2D eigenvalue weighted by molar-refractivity contribution is 0.563. The maximum absolute atomic E-state index is 9.97. The van der Waals surface area contributed by atoms with Crippen molar-refractivity contribution >= 4 is 17.8 Å². The fourth-order valence-corrected chi connectivity index (χ4v) is 2.35. The van der Waals surface area contributed by atoms with Crippen molar-refractivity contribution in [2.75, 3.05) is 11.5 Å². The first-order chi connectivity index (χ1) is 6.90. The van der Waals surface area contributed by atoms with Gasteiger partial charge in [-0.05, 0) is 11.1 Å². The van der Waals surface area contributed by atoms with Crippen molar-refractivity contribution in [3.8, 4) is 0 Å². The normalized spacial score (nSPS) is 15.7. The summed E-state index contributed by atoms with van der Waals surface area (Å²) in [4.78, 5) is 13.5. The Labute approximate surface area is 87.4 Å². The van der Waals surface area contributed by atoms with Gasteiger partial charge in [0.1, 0.15) is 0 Å². The van der Waals surface area contributed by atoms with Crippen LogP contribution in [-0.2, 0) is 11.3 Å². The van der Waals surface area contributed by atoms with Crippen LogP contribution in [0, 0.1) is 0 Å². The van der Waals surface area contributed by atoms with Crippen molar-refractivity contribution in [1.82, 2.24) is 0 Å². The molecule has 0 bridgehead atoms. The maximum atomic E-state index is 9.97. The summed E-state index contributed by atoms with van der Waals surface area (Å²) >= 11 is 1.98. The first-order valence-corrected chi connectivity index (χ1v) is 5.76. The average molecular weight is 205 g/mol. The van der Waals surface area contributed by atoms with Gasteiger partial charge in [-0.2, -0.15) is 11.8 Å². The van der Waals surface area contributed by atoms with Crippen LogP contribution in [-0.4, -0.2) is 17.6 Å². The lowest BCUT2D eigenvalue weighted by Crippen LogP contribution is -2.15. The van der Waals surface area contributed by atoms with Gasteiger partial charge in [0.05, 0.1) is 6.54 Å². The molecule has 0 radical (unpaired) electrons. The van der Waals surface area contributed by atoms with Crippen molar-refractivity contribution < 1.29 is 4.79 Å². The molecule has 0 spiro atoms. The van der Waals surface area contributed by atoms with E-state index in [1.807, 2.05) is 23.9 Å². The lowest BCUT2D eigenvalue weighted by Gasteiger charge is -2.25. The molecule has 0 aliphatic carbocycles. The summed E-state index contributed by atoms with van der Waals surface area (Å²) in [6.07, 6.45) is 1.56. The third-order valence-electron chi connectivity index (χ3n) is 2.39. The number of benzene rings is 1. The van der Waals surface area contributed by atoms with E-state index in [2.05, 4.69) is 17.1 Å². The molecule has 1 aromatic rings. The number of hydrogen-bond donors (Lipinski definition) is 0. The van der Waals surface area contributed by atoms with Crippen LogP contribution in [0.15, 0.2) is 29.3 Å². The van der Waals surface area contributed by atoms with E-state index in [9.17, 15) is 4.79 Å². The smallest absolute Gasteiger partial charge is 0.211 e. The third-order valence-corrected chi connectivity index (χ3v) is 3.66. The van der Waals surface area contributed by atoms with Gasteiger partial charge in [0, 0.05) is 17.4 Å². The number of carbonyl (C=O) groups excluding carboxylic acids is 1.